The molecule has 2 atom stereocenters. The fourth-order valence-corrected chi connectivity index (χ4v) is 2.80. The second-order valence-corrected chi connectivity index (χ2v) is 4.81. The predicted octanol–water partition coefficient (Wildman–Crippen LogP) is 3.03. The molecular weight excluding hydrogens is 222 g/mol. The fraction of sp³-hybridized carbons (Fsp3) is 0.250. The summed E-state index contributed by atoms with van der Waals surface area (Å²) in [7, 11) is 1.69. The molecule has 0 bridgehead atoms. The standard InChI is InChI=1S/C16H17NO/c1-18-13-8-6-11(7-9-13)15-10-12-4-2-3-5-14(12)16(15)17/h2-9,15-16H,10,17H2,1H3/t15-,16-/m0/s1. The second kappa shape index (κ2) is 4.46. The van der Waals surface area contributed by atoms with Crippen molar-refractivity contribution in [1.82, 2.24) is 0 Å². The molecule has 0 aliphatic heterocycles. The largest absolute Gasteiger partial charge is 0.497 e. The van der Waals surface area contributed by atoms with Crippen molar-refractivity contribution >= 4 is 0 Å². The van der Waals surface area contributed by atoms with E-state index in [9.17, 15) is 0 Å². The summed E-state index contributed by atoms with van der Waals surface area (Å²) in [6.07, 6.45) is 1.03. The van der Waals surface area contributed by atoms with Gasteiger partial charge in [-0.25, -0.2) is 0 Å². The highest BCUT2D eigenvalue weighted by Gasteiger charge is 2.30. The van der Waals surface area contributed by atoms with Crippen LogP contribution in [-0.2, 0) is 6.42 Å². The Bertz CT molecular complexity index is 547. The number of benzene rings is 2. The summed E-state index contributed by atoms with van der Waals surface area (Å²) in [6.45, 7) is 0. The van der Waals surface area contributed by atoms with E-state index in [1.54, 1.807) is 7.11 Å². The monoisotopic (exact) mass is 239 g/mol. The maximum Gasteiger partial charge on any atom is 0.118 e. The van der Waals surface area contributed by atoms with Crippen LogP contribution in [0.1, 0.15) is 28.7 Å². The van der Waals surface area contributed by atoms with E-state index >= 15 is 0 Å². The minimum absolute atomic E-state index is 0.106. The highest BCUT2D eigenvalue weighted by Crippen LogP contribution is 2.40. The molecule has 92 valence electrons. The van der Waals surface area contributed by atoms with Gasteiger partial charge in [0.1, 0.15) is 5.75 Å². The highest BCUT2D eigenvalue weighted by atomic mass is 16.5. The lowest BCUT2D eigenvalue weighted by Crippen LogP contribution is -2.15. The van der Waals surface area contributed by atoms with E-state index in [0.717, 1.165) is 12.2 Å². The quantitative estimate of drug-likeness (QED) is 0.874. The zero-order valence-corrected chi connectivity index (χ0v) is 10.5. The molecule has 1 aliphatic carbocycles. The molecule has 0 fully saturated rings. The van der Waals surface area contributed by atoms with Gasteiger partial charge in [-0.1, -0.05) is 36.4 Å². The Kier molecular flexibility index (Phi) is 2.80. The molecule has 0 unspecified atom stereocenters. The molecule has 0 amide bonds. The van der Waals surface area contributed by atoms with Gasteiger partial charge in [-0.05, 0) is 35.2 Å². The number of fused-ring (bicyclic) bond motifs is 1. The number of methoxy groups -OCH3 is 1. The van der Waals surface area contributed by atoms with Crippen LogP contribution in [0, 0.1) is 0 Å². The van der Waals surface area contributed by atoms with Crippen LogP contribution >= 0.6 is 0 Å². The minimum atomic E-state index is 0.106. The second-order valence-electron chi connectivity index (χ2n) is 4.81. The molecule has 0 spiro atoms. The van der Waals surface area contributed by atoms with E-state index in [0.29, 0.717) is 5.92 Å². The van der Waals surface area contributed by atoms with Crippen LogP contribution in [0.15, 0.2) is 48.5 Å². The van der Waals surface area contributed by atoms with Crippen LogP contribution in [0.2, 0.25) is 0 Å². The molecule has 2 heteroatoms. The van der Waals surface area contributed by atoms with E-state index in [1.807, 2.05) is 12.1 Å². The lowest BCUT2D eigenvalue weighted by molar-refractivity contribution is 0.414. The van der Waals surface area contributed by atoms with Gasteiger partial charge < -0.3 is 10.5 Å². The van der Waals surface area contributed by atoms with Crippen LogP contribution in [0.5, 0.6) is 5.75 Å². The SMILES string of the molecule is COc1ccc([C@@H]2Cc3ccccc3[C@@H]2N)cc1. The first-order valence-electron chi connectivity index (χ1n) is 6.27. The van der Waals surface area contributed by atoms with Crippen molar-refractivity contribution in [3.8, 4) is 5.75 Å². The van der Waals surface area contributed by atoms with Crippen LogP contribution in [0.4, 0.5) is 0 Å². The van der Waals surface area contributed by atoms with Crippen LogP contribution in [0.25, 0.3) is 0 Å². The van der Waals surface area contributed by atoms with Gasteiger partial charge in [0, 0.05) is 12.0 Å². The zero-order valence-electron chi connectivity index (χ0n) is 10.5. The Morgan fingerprint density at radius 2 is 1.78 bits per heavy atom. The minimum Gasteiger partial charge on any atom is -0.497 e. The number of hydrogen-bond acceptors (Lipinski definition) is 2. The van der Waals surface area contributed by atoms with E-state index in [1.165, 1.54) is 16.7 Å². The molecule has 18 heavy (non-hydrogen) atoms. The van der Waals surface area contributed by atoms with Gasteiger partial charge in [0.2, 0.25) is 0 Å². The molecular formula is C16H17NO. The molecule has 2 nitrogen and oxygen atoms in total. The Labute approximate surface area is 107 Å². The Hall–Kier alpha value is -1.80. The van der Waals surface area contributed by atoms with E-state index < -0.39 is 0 Å². The smallest absolute Gasteiger partial charge is 0.118 e. The van der Waals surface area contributed by atoms with E-state index in [-0.39, 0.29) is 6.04 Å². The highest BCUT2D eigenvalue weighted by molar-refractivity contribution is 5.42. The van der Waals surface area contributed by atoms with Crippen LogP contribution < -0.4 is 10.5 Å². The fourth-order valence-electron chi connectivity index (χ4n) is 2.80. The molecule has 2 aromatic rings. The Morgan fingerprint density at radius 3 is 2.44 bits per heavy atom. The molecule has 0 saturated heterocycles. The first-order chi connectivity index (χ1) is 8.79. The molecule has 1 aliphatic rings. The summed E-state index contributed by atoms with van der Waals surface area (Å²) in [5, 5.41) is 0. The van der Waals surface area contributed by atoms with Crippen LogP contribution in [-0.4, -0.2) is 7.11 Å². The van der Waals surface area contributed by atoms with Crippen molar-refractivity contribution in [3.63, 3.8) is 0 Å². The van der Waals surface area contributed by atoms with Gasteiger partial charge >= 0.3 is 0 Å². The van der Waals surface area contributed by atoms with Crippen molar-refractivity contribution in [2.45, 2.75) is 18.4 Å². The van der Waals surface area contributed by atoms with E-state index in [4.69, 9.17) is 10.5 Å². The molecule has 0 radical (unpaired) electrons. The van der Waals surface area contributed by atoms with Gasteiger partial charge in [-0.15, -0.1) is 0 Å². The lowest BCUT2D eigenvalue weighted by atomic mass is 9.93. The number of rotatable bonds is 2. The number of hydrogen-bond donors (Lipinski definition) is 1. The van der Waals surface area contributed by atoms with Crippen molar-refractivity contribution < 1.29 is 4.74 Å². The van der Waals surface area contributed by atoms with Crippen molar-refractivity contribution in [2.75, 3.05) is 7.11 Å². The lowest BCUT2D eigenvalue weighted by Gasteiger charge is -2.16. The molecule has 2 N–H and O–H groups in total. The third-order valence-electron chi connectivity index (χ3n) is 3.83. The van der Waals surface area contributed by atoms with Gasteiger partial charge in [0.15, 0.2) is 0 Å². The third kappa shape index (κ3) is 1.79. The maximum absolute atomic E-state index is 6.36. The summed E-state index contributed by atoms with van der Waals surface area (Å²) in [5.74, 6) is 1.27. The average Bonchev–Trinajstić information content (AvgIpc) is 2.77. The van der Waals surface area contributed by atoms with Gasteiger partial charge in [0.05, 0.1) is 7.11 Å². The van der Waals surface area contributed by atoms with Gasteiger partial charge in [0.25, 0.3) is 0 Å². The molecule has 0 aromatic heterocycles. The Morgan fingerprint density at radius 1 is 1.06 bits per heavy atom. The maximum atomic E-state index is 6.36. The Balaban J connectivity index is 1.91. The molecule has 0 saturated carbocycles. The van der Waals surface area contributed by atoms with Gasteiger partial charge in [-0.3, -0.25) is 0 Å². The van der Waals surface area contributed by atoms with Crippen LogP contribution in [0.3, 0.4) is 0 Å². The topological polar surface area (TPSA) is 35.2 Å². The van der Waals surface area contributed by atoms with Crippen molar-refractivity contribution in [3.05, 3.63) is 65.2 Å². The summed E-state index contributed by atoms with van der Waals surface area (Å²) in [4.78, 5) is 0. The number of ether oxygens (including phenoxy) is 1. The summed E-state index contributed by atoms with van der Waals surface area (Å²) in [6, 6.07) is 16.8. The molecule has 3 rings (SSSR count). The van der Waals surface area contributed by atoms with Crippen molar-refractivity contribution in [2.24, 2.45) is 5.73 Å². The van der Waals surface area contributed by atoms with Gasteiger partial charge in [-0.2, -0.15) is 0 Å². The summed E-state index contributed by atoms with van der Waals surface area (Å²) >= 11 is 0. The average molecular weight is 239 g/mol. The summed E-state index contributed by atoms with van der Waals surface area (Å²) < 4.78 is 5.19. The third-order valence-corrected chi connectivity index (χ3v) is 3.83. The summed E-state index contributed by atoms with van der Waals surface area (Å²) in [5.41, 5.74) is 10.3. The molecule has 2 aromatic carbocycles. The number of nitrogens with two attached hydrogens (primary N) is 1. The first-order valence-corrected chi connectivity index (χ1v) is 6.27. The normalized spacial score (nSPS) is 21.7. The first kappa shape index (κ1) is 11.3. The van der Waals surface area contributed by atoms with Crippen molar-refractivity contribution in [1.29, 1.82) is 0 Å². The predicted molar refractivity (Wildman–Crippen MR) is 72.8 cm³/mol. The van der Waals surface area contributed by atoms with E-state index in [2.05, 4.69) is 36.4 Å². The molecule has 0 heterocycles. The zero-order chi connectivity index (χ0) is 12.5.